The second kappa shape index (κ2) is 7.38. The molecule has 0 atom stereocenters. The molecule has 1 aromatic carbocycles. The van der Waals surface area contributed by atoms with E-state index in [1.54, 1.807) is 4.90 Å². The van der Waals surface area contributed by atoms with Crippen LogP contribution in [-0.2, 0) is 11.3 Å². The van der Waals surface area contributed by atoms with Crippen LogP contribution >= 0.6 is 11.3 Å². The molecule has 0 saturated carbocycles. The molecule has 29 heavy (non-hydrogen) atoms. The molecule has 4 rings (SSSR count). The Hall–Kier alpha value is -1.96. The summed E-state index contributed by atoms with van der Waals surface area (Å²) >= 11 is 1.45. The Morgan fingerprint density at radius 1 is 1.38 bits per heavy atom. The SMILES string of the molecule is CN(CC(C)(C)C)C(=O)c1cn2c(nc3ccc(CNCC4(C)COC4)cc32)s1. The van der Waals surface area contributed by atoms with E-state index in [0.717, 1.165) is 47.2 Å². The molecule has 1 saturated heterocycles. The third kappa shape index (κ3) is 4.32. The number of nitrogens with zero attached hydrogens (tertiary/aromatic N) is 3. The van der Waals surface area contributed by atoms with Gasteiger partial charge in [0, 0.05) is 38.3 Å². The maximum atomic E-state index is 12.8. The van der Waals surface area contributed by atoms with Crippen molar-refractivity contribution in [2.24, 2.45) is 10.8 Å². The quantitative estimate of drug-likeness (QED) is 0.667. The smallest absolute Gasteiger partial charge is 0.265 e. The van der Waals surface area contributed by atoms with Crippen molar-refractivity contribution >= 4 is 33.2 Å². The molecule has 0 aliphatic carbocycles. The summed E-state index contributed by atoms with van der Waals surface area (Å²) in [6.45, 7) is 12.8. The number of carbonyl (C=O) groups is 1. The molecule has 1 aliphatic rings. The van der Waals surface area contributed by atoms with Gasteiger partial charge in [-0.25, -0.2) is 4.98 Å². The monoisotopic (exact) mass is 414 g/mol. The summed E-state index contributed by atoms with van der Waals surface area (Å²) in [7, 11) is 1.87. The number of benzene rings is 1. The Labute approximate surface area is 175 Å². The number of hydrogen-bond donors (Lipinski definition) is 1. The van der Waals surface area contributed by atoms with Gasteiger partial charge >= 0.3 is 0 Å². The molecule has 7 heteroatoms. The van der Waals surface area contributed by atoms with E-state index in [2.05, 4.69) is 51.2 Å². The first-order valence-corrected chi connectivity index (χ1v) is 10.9. The zero-order valence-electron chi connectivity index (χ0n) is 17.9. The number of fused-ring (bicyclic) bond motifs is 3. The molecule has 0 unspecified atom stereocenters. The highest BCUT2D eigenvalue weighted by atomic mass is 32.1. The van der Waals surface area contributed by atoms with Gasteiger partial charge in [-0.1, -0.05) is 45.1 Å². The van der Waals surface area contributed by atoms with Gasteiger partial charge in [0.2, 0.25) is 0 Å². The zero-order chi connectivity index (χ0) is 20.8. The summed E-state index contributed by atoms with van der Waals surface area (Å²) in [5.41, 5.74) is 3.55. The summed E-state index contributed by atoms with van der Waals surface area (Å²) < 4.78 is 7.36. The first kappa shape index (κ1) is 20.3. The van der Waals surface area contributed by atoms with Gasteiger partial charge in [0.25, 0.3) is 5.91 Å². The van der Waals surface area contributed by atoms with Gasteiger partial charge in [-0.3, -0.25) is 9.20 Å². The molecular formula is C22H30N4O2S. The number of carbonyl (C=O) groups excluding carboxylic acids is 1. The molecule has 0 spiro atoms. The summed E-state index contributed by atoms with van der Waals surface area (Å²) in [6, 6.07) is 6.35. The van der Waals surface area contributed by atoms with Crippen molar-refractivity contribution in [2.75, 3.05) is 33.4 Å². The van der Waals surface area contributed by atoms with Crippen molar-refractivity contribution in [2.45, 2.75) is 34.2 Å². The Morgan fingerprint density at radius 3 is 2.79 bits per heavy atom. The highest BCUT2D eigenvalue weighted by Gasteiger charge is 2.32. The number of nitrogens with one attached hydrogen (secondary N) is 1. The van der Waals surface area contributed by atoms with Crippen molar-refractivity contribution in [3.8, 4) is 0 Å². The lowest BCUT2D eigenvalue weighted by molar-refractivity contribution is -0.0991. The van der Waals surface area contributed by atoms with Crippen molar-refractivity contribution in [1.29, 1.82) is 0 Å². The van der Waals surface area contributed by atoms with Gasteiger partial charge in [0.05, 0.1) is 24.2 Å². The van der Waals surface area contributed by atoms with Gasteiger partial charge in [0.1, 0.15) is 4.88 Å². The molecular weight excluding hydrogens is 384 g/mol. The van der Waals surface area contributed by atoms with Crippen LogP contribution in [0.25, 0.3) is 16.0 Å². The summed E-state index contributed by atoms with van der Waals surface area (Å²) in [5.74, 6) is 0.0531. The second-order valence-electron chi connectivity index (χ2n) is 9.81. The number of amides is 1. The molecule has 6 nitrogen and oxygen atoms in total. The van der Waals surface area contributed by atoms with Crippen LogP contribution in [0.1, 0.15) is 42.9 Å². The average molecular weight is 415 g/mol. The van der Waals surface area contributed by atoms with Crippen molar-refractivity contribution in [1.82, 2.24) is 19.6 Å². The number of thiazole rings is 1. The number of ether oxygens (including phenoxy) is 1. The minimum Gasteiger partial charge on any atom is -0.380 e. The van der Waals surface area contributed by atoms with Crippen LogP contribution in [0.15, 0.2) is 24.4 Å². The molecule has 1 aliphatic heterocycles. The largest absolute Gasteiger partial charge is 0.380 e. The molecule has 156 valence electrons. The topological polar surface area (TPSA) is 58.9 Å². The van der Waals surface area contributed by atoms with Gasteiger partial charge in [0.15, 0.2) is 4.96 Å². The zero-order valence-corrected chi connectivity index (χ0v) is 18.7. The third-order valence-electron chi connectivity index (χ3n) is 5.22. The summed E-state index contributed by atoms with van der Waals surface area (Å²) in [6.07, 6.45) is 1.93. The average Bonchev–Trinajstić information content (AvgIpc) is 3.16. The van der Waals surface area contributed by atoms with Gasteiger partial charge in [-0.05, 0) is 23.1 Å². The number of rotatable bonds is 6. The molecule has 3 aromatic rings. The van der Waals surface area contributed by atoms with Gasteiger partial charge in [-0.15, -0.1) is 0 Å². The standard InChI is InChI=1S/C22H30N4O2S/c1-21(2,3)12-25(5)19(27)18-10-26-17-8-15(6-7-16(17)24-20(26)29-18)9-23-11-22(4)13-28-14-22/h6-8,10,23H,9,11-14H2,1-5H3. The van der Waals surface area contributed by atoms with Gasteiger partial charge in [-0.2, -0.15) is 0 Å². The predicted molar refractivity (Wildman–Crippen MR) is 118 cm³/mol. The van der Waals surface area contributed by atoms with E-state index in [0.29, 0.717) is 6.54 Å². The van der Waals surface area contributed by atoms with E-state index >= 15 is 0 Å². The molecule has 0 radical (unpaired) electrons. The fraction of sp³-hybridized carbons (Fsp3) is 0.545. The Balaban J connectivity index is 1.52. The fourth-order valence-electron chi connectivity index (χ4n) is 3.80. The maximum absolute atomic E-state index is 12.8. The van der Waals surface area contributed by atoms with Crippen LogP contribution in [0.3, 0.4) is 0 Å². The second-order valence-corrected chi connectivity index (χ2v) is 10.8. The van der Waals surface area contributed by atoms with E-state index < -0.39 is 0 Å². The highest BCUT2D eigenvalue weighted by Crippen LogP contribution is 2.27. The Kier molecular flexibility index (Phi) is 5.17. The molecule has 1 amide bonds. The minimum atomic E-state index is 0.0531. The molecule has 3 heterocycles. The molecule has 1 fully saturated rings. The lowest BCUT2D eigenvalue weighted by atomic mass is 9.89. The van der Waals surface area contributed by atoms with E-state index in [4.69, 9.17) is 9.72 Å². The normalized spacial score (nSPS) is 16.3. The molecule has 0 bridgehead atoms. The summed E-state index contributed by atoms with van der Waals surface area (Å²) in [4.78, 5) is 20.9. The van der Waals surface area contributed by atoms with Crippen LogP contribution in [-0.4, -0.2) is 53.5 Å². The predicted octanol–water partition coefficient (Wildman–Crippen LogP) is 3.79. The lowest BCUT2D eigenvalue weighted by Crippen LogP contribution is -2.47. The van der Waals surface area contributed by atoms with Crippen LogP contribution in [0.4, 0.5) is 0 Å². The van der Waals surface area contributed by atoms with E-state index in [1.165, 1.54) is 16.9 Å². The molecule has 2 aromatic heterocycles. The van der Waals surface area contributed by atoms with Crippen LogP contribution in [0.2, 0.25) is 0 Å². The van der Waals surface area contributed by atoms with Crippen molar-refractivity contribution in [3.05, 3.63) is 34.8 Å². The number of imidazole rings is 1. The first-order valence-electron chi connectivity index (χ1n) is 10.1. The van der Waals surface area contributed by atoms with E-state index in [-0.39, 0.29) is 16.7 Å². The Bertz CT molecular complexity index is 1040. The first-order chi connectivity index (χ1) is 13.6. The maximum Gasteiger partial charge on any atom is 0.265 e. The summed E-state index contributed by atoms with van der Waals surface area (Å²) in [5, 5.41) is 3.54. The van der Waals surface area contributed by atoms with Crippen molar-refractivity contribution < 1.29 is 9.53 Å². The Morgan fingerprint density at radius 2 is 2.14 bits per heavy atom. The van der Waals surface area contributed by atoms with Crippen LogP contribution in [0, 0.1) is 10.8 Å². The van der Waals surface area contributed by atoms with E-state index in [9.17, 15) is 4.79 Å². The third-order valence-corrected chi connectivity index (χ3v) is 6.19. The van der Waals surface area contributed by atoms with Gasteiger partial charge < -0.3 is 15.0 Å². The highest BCUT2D eigenvalue weighted by molar-refractivity contribution is 7.18. The number of hydrogen-bond acceptors (Lipinski definition) is 5. The molecule has 1 N–H and O–H groups in total. The number of aromatic nitrogens is 2. The van der Waals surface area contributed by atoms with E-state index in [1.807, 2.05) is 17.6 Å². The van der Waals surface area contributed by atoms with Crippen molar-refractivity contribution in [3.63, 3.8) is 0 Å². The van der Waals surface area contributed by atoms with Crippen LogP contribution < -0.4 is 5.32 Å². The fourth-order valence-corrected chi connectivity index (χ4v) is 4.79. The minimum absolute atomic E-state index is 0.0531. The lowest BCUT2D eigenvalue weighted by Gasteiger charge is -2.38. The van der Waals surface area contributed by atoms with Crippen LogP contribution in [0.5, 0.6) is 0 Å².